The molecule has 0 heterocycles. The summed E-state index contributed by atoms with van der Waals surface area (Å²) in [7, 11) is 3.02. The summed E-state index contributed by atoms with van der Waals surface area (Å²) < 4.78 is 10.2. The molecular weight excluding hydrogens is 222 g/mol. The van der Waals surface area contributed by atoms with Crippen molar-refractivity contribution >= 4 is 5.97 Å². The first-order valence-electron chi connectivity index (χ1n) is 4.95. The Bertz CT molecular complexity index is 450. The summed E-state index contributed by atoms with van der Waals surface area (Å²) in [6.45, 7) is 0. The monoisotopic (exact) mass is 235 g/mol. The van der Waals surface area contributed by atoms with Crippen molar-refractivity contribution in [1.29, 1.82) is 5.26 Å². The number of carboxylic acids is 1. The molecule has 1 aromatic carbocycles. The Morgan fingerprint density at radius 3 is 2.53 bits per heavy atom. The van der Waals surface area contributed by atoms with Gasteiger partial charge in [-0.05, 0) is 24.1 Å². The minimum absolute atomic E-state index is 0.145. The minimum Gasteiger partial charge on any atom is -0.493 e. The summed E-state index contributed by atoms with van der Waals surface area (Å²) >= 11 is 0. The van der Waals surface area contributed by atoms with E-state index in [-0.39, 0.29) is 6.42 Å². The Morgan fingerprint density at radius 2 is 2.06 bits per heavy atom. The highest BCUT2D eigenvalue weighted by atomic mass is 16.5. The third-order valence-electron chi connectivity index (χ3n) is 2.34. The second-order valence-corrected chi connectivity index (χ2v) is 3.41. The Kier molecular flexibility index (Phi) is 4.35. The molecule has 0 radical (unpaired) electrons. The van der Waals surface area contributed by atoms with E-state index in [4.69, 9.17) is 19.8 Å². The summed E-state index contributed by atoms with van der Waals surface area (Å²) in [5.41, 5.74) is 0.719. The Morgan fingerprint density at radius 1 is 1.41 bits per heavy atom. The maximum absolute atomic E-state index is 10.7. The summed E-state index contributed by atoms with van der Waals surface area (Å²) in [5.74, 6) is -1.08. The molecule has 0 amide bonds. The number of methoxy groups -OCH3 is 2. The van der Waals surface area contributed by atoms with E-state index in [0.29, 0.717) is 11.5 Å². The molecule has 1 N–H and O–H groups in total. The molecule has 0 saturated heterocycles. The van der Waals surface area contributed by atoms with Crippen molar-refractivity contribution < 1.29 is 19.4 Å². The summed E-state index contributed by atoms with van der Waals surface area (Å²) in [6.07, 6.45) is 0.145. The van der Waals surface area contributed by atoms with Crippen LogP contribution >= 0.6 is 0 Å². The number of hydrogen-bond acceptors (Lipinski definition) is 4. The van der Waals surface area contributed by atoms with Crippen molar-refractivity contribution in [2.24, 2.45) is 5.92 Å². The van der Waals surface area contributed by atoms with Gasteiger partial charge in [0.25, 0.3) is 0 Å². The number of ether oxygens (including phenoxy) is 2. The van der Waals surface area contributed by atoms with Gasteiger partial charge in [0.2, 0.25) is 0 Å². The first-order valence-corrected chi connectivity index (χ1v) is 4.95. The molecule has 0 aliphatic heterocycles. The van der Waals surface area contributed by atoms with Crippen molar-refractivity contribution in [3.63, 3.8) is 0 Å². The maximum atomic E-state index is 10.7. The van der Waals surface area contributed by atoms with Gasteiger partial charge in [0, 0.05) is 0 Å². The van der Waals surface area contributed by atoms with Crippen LogP contribution in [0, 0.1) is 17.2 Å². The molecular formula is C12H13NO4. The Balaban J connectivity index is 2.93. The number of aliphatic carboxylic acids is 1. The van der Waals surface area contributed by atoms with Gasteiger partial charge in [0.15, 0.2) is 11.5 Å². The highest BCUT2D eigenvalue weighted by Crippen LogP contribution is 2.28. The molecule has 0 unspecified atom stereocenters. The van der Waals surface area contributed by atoms with E-state index in [1.54, 1.807) is 24.3 Å². The molecule has 0 spiro atoms. The quantitative estimate of drug-likeness (QED) is 0.835. The fourth-order valence-electron chi connectivity index (χ4n) is 1.43. The zero-order chi connectivity index (χ0) is 12.8. The van der Waals surface area contributed by atoms with Crippen LogP contribution in [0.2, 0.25) is 0 Å². The van der Waals surface area contributed by atoms with E-state index in [1.165, 1.54) is 14.2 Å². The van der Waals surface area contributed by atoms with Crippen LogP contribution in [0.1, 0.15) is 5.56 Å². The predicted octanol–water partition coefficient (Wildman–Crippen LogP) is 1.47. The third kappa shape index (κ3) is 3.11. The molecule has 0 aliphatic rings. The summed E-state index contributed by atoms with van der Waals surface area (Å²) in [6, 6.07) is 6.82. The smallest absolute Gasteiger partial charge is 0.321 e. The lowest BCUT2D eigenvalue weighted by molar-refractivity contribution is -0.139. The topological polar surface area (TPSA) is 79.5 Å². The van der Waals surface area contributed by atoms with E-state index in [9.17, 15) is 4.79 Å². The van der Waals surface area contributed by atoms with Crippen LogP contribution in [-0.4, -0.2) is 25.3 Å². The maximum Gasteiger partial charge on any atom is 0.321 e. The first kappa shape index (κ1) is 12.8. The number of nitriles is 1. The van der Waals surface area contributed by atoms with Crippen LogP contribution in [0.4, 0.5) is 0 Å². The van der Waals surface area contributed by atoms with E-state index < -0.39 is 11.9 Å². The van der Waals surface area contributed by atoms with Crippen molar-refractivity contribution in [2.75, 3.05) is 14.2 Å². The lowest BCUT2D eigenvalue weighted by atomic mass is 10.0. The second-order valence-electron chi connectivity index (χ2n) is 3.41. The van der Waals surface area contributed by atoms with Gasteiger partial charge >= 0.3 is 5.97 Å². The third-order valence-corrected chi connectivity index (χ3v) is 2.34. The van der Waals surface area contributed by atoms with Crippen molar-refractivity contribution in [3.05, 3.63) is 23.8 Å². The molecule has 1 rings (SSSR count). The average Bonchev–Trinajstić information content (AvgIpc) is 2.35. The van der Waals surface area contributed by atoms with Crippen LogP contribution in [0.3, 0.4) is 0 Å². The van der Waals surface area contributed by atoms with Crippen molar-refractivity contribution in [1.82, 2.24) is 0 Å². The molecule has 90 valence electrons. The van der Waals surface area contributed by atoms with Crippen LogP contribution < -0.4 is 9.47 Å². The number of hydrogen-bond donors (Lipinski definition) is 1. The molecule has 0 saturated carbocycles. The lowest BCUT2D eigenvalue weighted by Crippen LogP contribution is -2.14. The van der Waals surface area contributed by atoms with Crippen LogP contribution in [0.25, 0.3) is 0 Å². The number of nitrogens with zero attached hydrogens (tertiary/aromatic N) is 1. The highest BCUT2D eigenvalue weighted by Gasteiger charge is 2.17. The highest BCUT2D eigenvalue weighted by molar-refractivity contribution is 5.73. The van der Waals surface area contributed by atoms with Crippen LogP contribution in [-0.2, 0) is 11.2 Å². The molecule has 5 nitrogen and oxygen atoms in total. The zero-order valence-electron chi connectivity index (χ0n) is 9.64. The molecule has 0 bridgehead atoms. The van der Waals surface area contributed by atoms with E-state index in [1.807, 2.05) is 0 Å². The minimum atomic E-state index is -1.12. The molecule has 1 atom stereocenters. The fraction of sp³-hybridized carbons (Fsp3) is 0.333. The van der Waals surface area contributed by atoms with E-state index in [0.717, 1.165) is 5.56 Å². The van der Waals surface area contributed by atoms with E-state index in [2.05, 4.69) is 0 Å². The number of benzene rings is 1. The zero-order valence-corrected chi connectivity index (χ0v) is 9.64. The van der Waals surface area contributed by atoms with Gasteiger partial charge in [0.05, 0.1) is 20.3 Å². The van der Waals surface area contributed by atoms with Crippen molar-refractivity contribution in [2.45, 2.75) is 6.42 Å². The SMILES string of the molecule is COc1ccc(C[C@@H](C#N)C(=O)O)cc1OC. The number of carbonyl (C=O) groups is 1. The Labute approximate surface area is 99.2 Å². The molecule has 5 heteroatoms. The van der Waals surface area contributed by atoms with Gasteiger partial charge in [-0.1, -0.05) is 6.07 Å². The first-order chi connectivity index (χ1) is 8.12. The average molecular weight is 235 g/mol. The molecule has 0 fully saturated rings. The second kappa shape index (κ2) is 5.75. The lowest BCUT2D eigenvalue weighted by Gasteiger charge is -2.10. The van der Waals surface area contributed by atoms with Crippen LogP contribution in [0.15, 0.2) is 18.2 Å². The molecule has 1 aromatic rings. The van der Waals surface area contributed by atoms with Gasteiger partial charge in [-0.15, -0.1) is 0 Å². The fourth-order valence-corrected chi connectivity index (χ4v) is 1.43. The van der Waals surface area contributed by atoms with Gasteiger partial charge in [-0.3, -0.25) is 4.79 Å². The molecule has 0 aromatic heterocycles. The van der Waals surface area contributed by atoms with Gasteiger partial charge in [-0.2, -0.15) is 5.26 Å². The largest absolute Gasteiger partial charge is 0.493 e. The van der Waals surface area contributed by atoms with Crippen LogP contribution in [0.5, 0.6) is 11.5 Å². The van der Waals surface area contributed by atoms with Gasteiger partial charge in [-0.25, -0.2) is 0 Å². The molecule has 17 heavy (non-hydrogen) atoms. The standard InChI is InChI=1S/C12H13NO4/c1-16-10-4-3-8(6-11(10)17-2)5-9(7-13)12(14)15/h3-4,6,9H,5H2,1-2H3,(H,14,15)/t9-/m0/s1. The van der Waals surface area contributed by atoms with Gasteiger partial charge < -0.3 is 14.6 Å². The predicted molar refractivity (Wildman–Crippen MR) is 60.0 cm³/mol. The Hall–Kier alpha value is -2.22. The number of carboxylic acid groups (broad SMARTS) is 1. The normalized spacial score (nSPS) is 11.4. The summed E-state index contributed by atoms with van der Waals surface area (Å²) in [4.78, 5) is 10.7. The number of rotatable bonds is 5. The summed E-state index contributed by atoms with van der Waals surface area (Å²) in [5, 5.41) is 17.5. The van der Waals surface area contributed by atoms with Gasteiger partial charge in [0.1, 0.15) is 5.92 Å². The van der Waals surface area contributed by atoms with Crippen molar-refractivity contribution in [3.8, 4) is 17.6 Å². The molecule has 0 aliphatic carbocycles. The van der Waals surface area contributed by atoms with E-state index >= 15 is 0 Å².